The van der Waals surface area contributed by atoms with Crippen molar-refractivity contribution < 1.29 is 4.79 Å². The van der Waals surface area contributed by atoms with Crippen molar-refractivity contribution in [3.63, 3.8) is 0 Å². The number of hydrogen-bond donors (Lipinski definition) is 0. The number of rotatable bonds is 9. The highest BCUT2D eigenvalue weighted by molar-refractivity contribution is 7.11. The molecule has 0 saturated heterocycles. The van der Waals surface area contributed by atoms with Gasteiger partial charge in [-0.3, -0.25) is 14.2 Å². The molecule has 34 heavy (non-hydrogen) atoms. The molecule has 1 aliphatic carbocycles. The Bertz CT molecular complexity index is 1360. The van der Waals surface area contributed by atoms with Gasteiger partial charge in [0.15, 0.2) is 0 Å². The molecular formula is C28H29N3O2S. The van der Waals surface area contributed by atoms with Gasteiger partial charge >= 0.3 is 0 Å². The summed E-state index contributed by atoms with van der Waals surface area (Å²) >= 11 is 1.74. The molecule has 2 aromatic heterocycles. The van der Waals surface area contributed by atoms with E-state index in [-0.39, 0.29) is 17.5 Å². The number of carbonyl (C=O) groups is 1. The molecular weight excluding hydrogens is 442 g/mol. The summed E-state index contributed by atoms with van der Waals surface area (Å²) in [5.41, 5.74) is 1.95. The number of amides is 1. The second-order valence-corrected chi connectivity index (χ2v) is 10.4. The molecule has 5 nitrogen and oxygen atoms in total. The molecule has 0 atom stereocenters. The molecule has 0 spiro atoms. The van der Waals surface area contributed by atoms with Crippen LogP contribution in [0.2, 0.25) is 0 Å². The molecule has 1 fully saturated rings. The van der Waals surface area contributed by atoms with Crippen LogP contribution in [0.5, 0.6) is 0 Å². The van der Waals surface area contributed by atoms with Crippen LogP contribution in [0.1, 0.15) is 46.4 Å². The average molecular weight is 472 g/mol. The van der Waals surface area contributed by atoms with Crippen molar-refractivity contribution in [3.05, 3.63) is 98.2 Å². The number of carbonyl (C=O) groups excluding carboxylic acids is 1. The first-order valence-corrected chi connectivity index (χ1v) is 12.8. The molecule has 0 aliphatic heterocycles. The Morgan fingerprint density at radius 1 is 1.03 bits per heavy atom. The van der Waals surface area contributed by atoms with Gasteiger partial charge in [-0.1, -0.05) is 42.5 Å². The molecule has 0 radical (unpaired) electrons. The van der Waals surface area contributed by atoms with Gasteiger partial charge in [-0.05, 0) is 56.0 Å². The van der Waals surface area contributed by atoms with E-state index in [1.54, 1.807) is 11.3 Å². The molecule has 0 bridgehead atoms. The maximum atomic E-state index is 13.4. The van der Waals surface area contributed by atoms with E-state index in [1.807, 2.05) is 51.9 Å². The number of thiophene rings is 1. The Kier molecular flexibility index (Phi) is 6.59. The van der Waals surface area contributed by atoms with Crippen LogP contribution in [-0.4, -0.2) is 26.9 Å². The van der Waals surface area contributed by atoms with Crippen molar-refractivity contribution in [3.8, 4) is 0 Å². The summed E-state index contributed by atoms with van der Waals surface area (Å²) < 4.78 is 1.84. The smallest absolute Gasteiger partial charge is 0.261 e. The first-order chi connectivity index (χ1) is 16.6. The Morgan fingerprint density at radius 3 is 2.53 bits per heavy atom. The van der Waals surface area contributed by atoms with Gasteiger partial charge in [0.25, 0.3) is 5.56 Å². The summed E-state index contributed by atoms with van der Waals surface area (Å²) in [4.78, 5) is 35.8. The molecule has 5 rings (SSSR count). The van der Waals surface area contributed by atoms with E-state index < -0.39 is 0 Å². The van der Waals surface area contributed by atoms with Crippen LogP contribution in [0.3, 0.4) is 0 Å². The number of aromatic nitrogens is 2. The fourth-order valence-electron chi connectivity index (χ4n) is 4.41. The van der Waals surface area contributed by atoms with Crippen molar-refractivity contribution in [2.24, 2.45) is 0 Å². The summed E-state index contributed by atoms with van der Waals surface area (Å²) in [5, 5.41) is 0.655. The highest BCUT2D eigenvalue weighted by Gasteiger charge is 2.28. The maximum Gasteiger partial charge on any atom is 0.261 e. The Morgan fingerprint density at radius 2 is 1.79 bits per heavy atom. The summed E-state index contributed by atoms with van der Waals surface area (Å²) in [6.07, 6.45) is 3.64. The third-order valence-corrected chi connectivity index (χ3v) is 7.35. The summed E-state index contributed by atoms with van der Waals surface area (Å²) in [5.74, 6) is 0.835. The molecule has 2 aromatic carbocycles. The van der Waals surface area contributed by atoms with Gasteiger partial charge < -0.3 is 4.90 Å². The number of benzene rings is 2. The zero-order valence-electron chi connectivity index (χ0n) is 19.4. The number of hydrogen-bond acceptors (Lipinski definition) is 4. The Balaban J connectivity index is 1.35. The Labute approximate surface area is 203 Å². The fraction of sp³-hybridized carbons (Fsp3) is 0.321. The third kappa shape index (κ3) is 5.12. The van der Waals surface area contributed by atoms with Gasteiger partial charge in [-0.15, -0.1) is 11.3 Å². The molecule has 2 heterocycles. The predicted molar refractivity (Wildman–Crippen MR) is 137 cm³/mol. The van der Waals surface area contributed by atoms with Crippen molar-refractivity contribution in [1.29, 1.82) is 0 Å². The first kappa shape index (κ1) is 22.5. The number of para-hydroxylation sites is 1. The van der Waals surface area contributed by atoms with E-state index in [1.165, 1.54) is 15.3 Å². The molecule has 6 heteroatoms. The molecule has 4 aromatic rings. The highest BCUT2D eigenvalue weighted by atomic mass is 32.1. The van der Waals surface area contributed by atoms with E-state index in [0.717, 1.165) is 25.1 Å². The standard InChI is InChI=1S/C28H29N3O2S/c1-20-11-14-23(34-20)19-30(18-17-21-7-3-2-4-8-21)27(32)16-15-26-29-25-10-6-5-9-24(25)28(33)31(26)22-12-13-22/h2-11,14,22H,12-13,15-19H2,1H3. The molecule has 0 unspecified atom stereocenters. The van der Waals surface area contributed by atoms with Crippen LogP contribution in [0.25, 0.3) is 10.9 Å². The second kappa shape index (κ2) is 9.94. The van der Waals surface area contributed by atoms with Crippen LogP contribution in [-0.2, 0) is 24.2 Å². The topological polar surface area (TPSA) is 55.2 Å². The van der Waals surface area contributed by atoms with Crippen LogP contribution in [0.4, 0.5) is 0 Å². The monoisotopic (exact) mass is 471 g/mol. The first-order valence-electron chi connectivity index (χ1n) is 12.0. The van der Waals surface area contributed by atoms with Crippen molar-refractivity contribution in [2.75, 3.05) is 6.54 Å². The third-order valence-electron chi connectivity index (χ3n) is 6.36. The predicted octanol–water partition coefficient (Wildman–Crippen LogP) is 5.31. The van der Waals surface area contributed by atoms with Gasteiger partial charge in [0.2, 0.25) is 5.91 Å². The van der Waals surface area contributed by atoms with Crippen molar-refractivity contribution in [2.45, 2.75) is 51.6 Å². The van der Waals surface area contributed by atoms with Crippen LogP contribution >= 0.6 is 11.3 Å². The van der Waals surface area contributed by atoms with E-state index in [9.17, 15) is 9.59 Å². The zero-order chi connectivity index (χ0) is 23.5. The normalized spacial score (nSPS) is 13.3. The van der Waals surface area contributed by atoms with Gasteiger partial charge in [0.1, 0.15) is 5.82 Å². The van der Waals surface area contributed by atoms with Gasteiger partial charge in [0.05, 0.1) is 17.4 Å². The lowest BCUT2D eigenvalue weighted by atomic mass is 10.1. The minimum atomic E-state index is 0.0190. The van der Waals surface area contributed by atoms with Crippen molar-refractivity contribution in [1.82, 2.24) is 14.5 Å². The fourth-order valence-corrected chi connectivity index (χ4v) is 5.32. The number of aryl methyl sites for hydroxylation is 2. The summed E-state index contributed by atoms with van der Waals surface area (Å²) in [7, 11) is 0. The lowest BCUT2D eigenvalue weighted by Gasteiger charge is -2.23. The highest BCUT2D eigenvalue weighted by Crippen LogP contribution is 2.35. The zero-order valence-corrected chi connectivity index (χ0v) is 20.3. The van der Waals surface area contributed by atoms with Gasteiger partial charge in [-0.25, -0.2) is 4.98 Å². The SMILES string of the molecule is Cc1ccc(CN(CCc2ccccc2)C(=O)CCc2nc3ccccc3c(=O)n2C2CC2)s1. The minimum Gasteiger partial charge on any atom is -0.337 e. The molecule has 1 saturated carbocycles. The maximum absolute atomic E-state index is 13.4. The largest absolute Gasteiger partial charge is 0.337 e. The second-order valence-electron chi connectivity index (χ2n) is 9.01. The molecule has 1 aliphatic rings. The van der Waals surface area contributed by atoms with E-state index in [4.69, 9.17) is 4.98 Å². The van der Waals surface area contributed by atoms with E-state index in [0.29, 0.717) is 36.8 Å². The quantitative estimate of drug-likeness (QED) is 0.333. The van der Waals surface area contributed by atoms with Crippen LogP contribution in [0, 0.1) is 6.92 Å². The molecule has 0 N–H and O–H groups in total. The Hall–Kier alpha value is -3.25. The van der Waals surface area contributed by atoms with Crippen LogP contribution < -0.4 is 5.56 Å². The lowest BCUT2D eigenvalue weighted by Crippen LogP contribution is -2.33. The van der Waals surface area contributed by atoms with Crippen LogP contribution in [0.15, 0.2) is 71.5 Å². The number of nitrogens with zero attached hydrogens (tertiary/aromatic N) is 3. The molecule has 174 valence electrons. The minimum absolute atomic E-state index is 0.0190. The summed E-state index contributed by atoms with van der Waals surface area (Å²) in [6, 6.07) is 22.2. The number of fused-ring (bicyclic) bond motifs is 1. The van der Waals surface area contributed by atoms with Gasteiger partial charge in [-0.2, -0.15) is 0 Å². The van der Waals surface area contributed by atoms with Crippen molar-refractivity contribution >= 4 is 28.1 Å². The summed E-state index contributed by atoms with van der Waals surface area (Å²) in [6.45, 7) is 3.37. The van der Waals surface area contributed by atoms with Gasteiger partial charge in [0, 0.05) is 35.2 Å². The average Bonchev–Trinajstić information content (AvgIpc) is 3.61. The van der Waals surface area contributed by atoms with E-state index in [2.05, 4.69) is 31.2 Å². The van der Waals surface area contributed by atoms with E-state index >= 15 is 0 Å². The lowest BCUT2D eigenvalue weighted by molar-refractivity contribution is -0.131. The molecule has 1 amide bonds.